The van der Waals surface area contributed by atoms with Crippen LogP contribution in [0.5, 0.6) is 0 Å². The zero-order valence-corrected chi connectivity index (χ0v) is 11.5. The van der Waals surface area contributed by atoms with E-state index in [0.29, 0.717) is 12.5 Å². The maximum absolute atomic E-state index is 9.28. The van der Waals surface area contributed by atoms with E-state index in [1.54, 1.807) is 0 Å². The number of piperazine rings is 1. The minimum atomic E-state index is 0.383. The van der Waals surface area contributed by atoms with Crippen molar-refractivity contribution in [2.24, 2.45) is 5.92 Å². The summed E-state index contributed by atoms with van der Waals surface area (Å²) in [6, 6.07) is 0. The fourth-order valence-electron chi connectivity index (χ4n) is 2.52. The van der Waals surface area contributed by atoms with E-state index in [1.807, 2.05) is 0 Å². The third kappa shape index (κ3) is 7.02. The number of nitrogens with zero attached hydrogens (tertiary/aromatic N) is 1. The predicted octanol–water partition coefficient (Wildman–Crippen LogP) is 1.86. The second-order valence-electron chi connectivity index (χ2n) is 5.28. The summed E-state index contributed by atoms with van der Waals surface area (Å²) in [5, 5.41) is 12.7. The molecule has 0 amide bonds. The van der Waals surface area contributed by atoms with Gasteiger partial charge in [0.05, 0.1) is 0 Å². The van der Waals surface area contributed by atoms with Gasteiger partial charge in [-0.15, -0.1) is 0 Å². The Morgan fingerprint density at radius 3 is 2.47 bits per heavy atom. The lowest BCUT2D eigenvalue weighted by molar-refractivity contribution is 0.198. The van der Waals surface area contributed by atoms with Gasteiger partial charge in [-0.05, 0) is 31.7 Å². The van der Waals surface area contributed by atoms with Crippen LogP contribution in [0.2, 0.25) is 0 Å². The number of unbranched alkanes of at least 4 members (excludes halogenated alkanes) is 2. The van der Waals surface area contributed by atoms with Crippen molar-refractivity contribution in [3.05, 3.63) is 0 Å². The van der Waals surface area contributed by atoms with Crippen LogP contribution in [0.1, 0.15) is 45.4 Å². The first kappa shape index (κ1) is 14.9. The van der Waals surface area contributed by atoms with Crippen LogP contribution >= 0.6 is 0 Å². The molecule has 1 heterocycles. The average molecular weight is 242 g/mol. The van der Waals surface area contributed by atoms with E-state index in [1.165, 1.54) is 58.2 Å². The van der Waals surface area contributed by atoms with E-state index in [2.05, 4.69) is 17.1 Å². The minimum Gasteiger partial charge on any atom is -0.396 e. The summed E-state index contributed by atoms with van der Waals surface area (Å²) in [6.07, 6.45) is 7.50. The Hall–Kier alpha value is -0.120. The van der Waals surface area contributed by atoms with Crippen molar-refractivity contribution < 1.29 is 5.11 Å². The summed E-state index contributed by atoms with van der Waals surface area (Å²) in [6.45, 7) is 8.56. The molecule has 2 N–H and O–H groups in total. The van der Waals surface area contributed by atoms with Crippen molar-refractivity contribution in [3.63, 3.8) is 0 Å². The summed E-state index contributed by atoms with van der Waals surface area (Å²) in [4.78, 5) is 2.55. The number of rotatable bonds is 9. The van der Waals surface area contributed by atoms with Crippen LogP contribution in [0.3, 0.4) is 0 Å². The predicted molar refractivity (Wildman–Crippen MR) is 73.3 cm³/mol. The second-order valence-corrected chi connectivity index (χ2v) is 5.28. The van der Waals surface area contributed by atoms with Gasteiger partial charge >= 0.3 is 0 Å². The largest absolute Gasteiger partial charge is 0.396 e. The molecule has 1 saturated heterocycles. The quantitative estimate of drug-likeness (QED) is 0.606. The Morgan fingerprint density at radius 2 is 1.82 bits per heavy atom. The Morgan fingerprint density at radius 1 is 1.12 bits per heavy atom. The maximum atomic E-state index is 9.28. The standard InChI is InChI=1S/C14H30N2O/c1-2-3-6-14(13-17)7-4-5-10-16-11-8-15-9-12-16/h14-15,17H,2-13H2,1H3/t14-/m0/s1. The van der Waals surface area contributed by atoms with Crippen LogP contribution in [0.4, 0.5) is 0 Å². The molecule has 1 fully saturated rings. The number of aliphatic hydroxyl groups is 1. The summed E-state index contributed by atoms with van der Waals surface area (Å²) >= 11 is 0. The molecule has 3 nitrogen and oxygen atoms in total. The summed E-state index contributed by atoms with van der Waals surface area (Å²) in [7, 11) is 0. The third-order valence-corrected chi connectivity index (χ3v) is 3.77. The highest BCUT2D eigenvalue weighted by Gasteiger charge is 2.10. The van der Waals surface area contributed by atoms with E-state index in [-0.39, 0.29) is 0 Å². The first-order valence-electron chi connectivity index (χ1n) is 7.40. The monoisotopic (exact) mass is 242 g/mol. The average Bonchev–Trinajstić information content (AvgIpc) is 2.39. The lowest BCUT2D eigenvalue weighted by Crippen LogP contribution is -2.43. The molecule has 0 aromatic rings. The Kier molecular flexibility index (Phi) is 8.67. The van der Waals surface area contributed by atoms with Crippen molar-refractivity contribution >= 4 is 0 Å². The zero-order valence-electron chi connectivity index (χ0n) is 11.5. The number of hydrogen-bond donors (Lipinski definition) is 2. The van der Waals surface area contributed by atoms with Gasteiger partial charge in [-0.2, -0.15) is 0 Å². The van der Waals surface area contributed by atoms with Crippen LogP contribution in [0.15, 0.2) is 0 Å². The third-order valence-electron chi connectivity index (χ3n) is 3.77. The molecule has 0 aliphatic carbocycles. The Bertz CT molecular complexity index is 170. The molecule has 17 heavy (non-hydrogen) atoms. The highest BCUT2D eigenvalue weighted by atomic mass is 16.3. The number of hydrogen-bond acceptors (Lipinski definition) is 3. The molecule has 0 aromatic heterocycles. The van der Waals surface area contributed by atoms with E-state index in [9.17, 15) is 5.11 Å². The lowest BCUT2D eigenvalue weighted by Gasteiger charge is -2.27. The highest BCUT2D eigenvalue weighted by Crippen LogP contribution is 2.15. The smallest absolute Gasteiger partial charge is 0.0459 e. The Balaban J connectivity index is 1.97. The summed E-state index contributed by atoms with van der Waals surface area (Å²) in [5.74, 6) is 0.554. The van der Waals surface area contributed by atoms with Gasteiger partial charge in [-0.3, -0.25) is 0 Å². The molecule has 0 bridgehead atoms. The number of aliphatic hydroxyl groups excluding tert-OH is 1. The van der Waals surface area contributed by atoms with Gasteiger partial charge in [0.15, 0.2) is 0 Å². The van der Waals surface area contributed by atoms with Crippen molar-refractivity contribution in [1.82, 2.24) is 10.2 Å². The Labute approximate surface area is 107 Å². The minimum absolute atomic E-state index is 0.383. The first-order valence-corrected chi connectivity index (χ1v) is 7.40. The molecule has 1 aliphatic heterocycles. The molecule has 0 radical (unpaired) electrons. The van der Waals surface area contributed by atoms with Crippen LogP contribution < -0.4 is 5.32 Å². The van der Waals surface area contributed by atoms with Gasteiger partial charge in [0, 0.05) is 32.8 Å². The molecule has 0 aromatic carbocycles. The van der Waals surface area contributed by atoms with Crippen molar-refractivity contribution in [1.29, 1.82) is 0 Å². The fourth-order valence-corrected chi connectivity index (χ4v) is 2.52. The zero-order chi connectivity index (χ0) is 12.3. The number of nitrogens with one attached hydrogen (secondary N) is 1. The molecule has 102 valence electrons. The molecule has 3 heteroatoms. The first-order chi connectivity index (χ1) is 8.36. The highest BCUT2D eigenvalue weighted by molar-refractivity contribution is 4.67. The molecule has 1 rings (SSSR count). The van der Waals surface area contributed by atoms with Gasteiger partial charge in [0.25, 0.3) is 0 Å². The lowest BCUT2D eigenvalue weighted by atomic mass is 9.97. The maximum Gasteiger partial charge on any atom is 0.0459 e. The van der Waals surface area contributed by atoms with Gasteiger partial charge in [0.1, 0.15) is 0 Å². The van der Waals surface area contributed by atoms with Gasteiger partial charge in [-0.25, -0.2) is 0 Å². The van der Waals surface area contributed by atoms with Gasteiger partial charge < -0.3 is 15.3 Å². The molecule has 1 atom stereocenters. The normalized spacial score (nSPS) is 19.4. The van der Waals surface area contributed by atoms with Crippen LogP contribution in [0.25, 0.3) is 0 Å². The van der Waals surface area contributed by atoms with Crippen LogP contribution in [0, 0.1) is 5.92 Å². The molecular formula is C14H30N2O. The van der Waals surface area contributed by atoms with Crippen LogP contribution in [-0.2, 0) is 0 Å². The topological polar surface area (TPSA) is 35.5 Å². The van der Waals surface area contributed by atoms with Crippen LogP contribution in [-0.4, -0.2) is 49.3 Å². The van der Waals surface area contributed by atoms with E-state index in [0.717, 1.165) is 13.1 Å². The van der Waals surface area contributed by atoms with E-state index in [4.69, 9.17) is 0 Å². The fraction of sp³-hybridized carbons (Fsp3) is 1.00. The van der Waals surface area contributed by atoms with E-state index >= 15 is 0 Å². The summed E-state index contributed by atoms with van der Waals surface area (Å²) < 4.78 is 0. The van der Waals surface area contributed by atoms with Crippen molar-refractivity contribution in [2.45, 2.75) is 45.4 Å². The molecule has 0 saturated carbocycles. The SMILES string of the molecule is CCCC[C@H](CO)CCCCN1CCNCC1. The van der Waals surface area contributed by atoms with Gasteiger partial charge in [-0.1, -0.05) is 26.2 Å². The molecule has 0 unspecified atom stereocenters. The summed E-state index contributed by atoms with van der Waals surface area (Å²) in [5.41, 5.74) is 0. The molecule has 0 spiro atoms. The molecule has 1 aliphatic rings. The van der Waals surface area contributed by atoms with E-state index < -0.39 is 0 Å². The van der Waals surface area contributed by atoms with Gasteiger partial charge in [0.2, 0.25) is 0 Å². The van der Waals surface area contributed by atoms with Crippen molar-refractivity contribution in [3.8, 4) is 0 Å². The molecular weight excluding hydrogens is 212 g/mol. The van der Waals surface area contributed by atoms with Crippen molar-refractivity contribution in [2.75, 3.05) is 39.3 Å². The second kappa shape index (κ2) is 9.86.